The number of rotatable bonds is 9. The van der Waals surface area contributed by atoms with Gasteiger partial charge in [-0.15, -0.1) is 0 Å². The maximum absolute atomic E-state index is 5.15. The molecule has 0 fully saturated rings. The molecule has 19 heavy (non-hydrogen) atoms. The van der Waals surface area contributed by atoms with Crippen molar-refractivity contribution < 1.29 is 4.74 Å². The summed E-state index contributed by atoms with van der Waals surface area (Å²) in [6.45, 7) is 8.87. The monoisotopic (exact) mass is 266 g/mol. The van der Waals surface area contributed by atoms with Gasteiger partial charge in [-0.1, -0.05) is 20.3 Å². The van der Waals surface area contributed by atoms with E-state index < -0.39 is 0 Å². The molecule has 0 aromatic carbocycles. The maximum atomic E-state index is 5.15. The quantitative estimate of drug-likeness (QED) is 0.719. The van der Waals surface area contributed by atoms with Crippen molar-refractivity contribution in [3.63, 3.8) is 0 Å². The standard InChI is InChI=1S/C14H26N4O/c1-5-7-12-13(15-6-2)17-10-18-14(12)16-8-11(3)9-19-4/h10-11H,5-9H2,1-4H3,(H2,15,16,17,18). The van der Waals surface area contributed by atoms with Gasteiger partial charge < -0.3 is 15.4 Å². The Morgan fingerprint density at radius 2 is 1.89 bits per heavy atom. The predicted octanol–water partition coefficient (Wildman–Crippen LogP) is 2.56. The summed E-state index contributed by atoms with van der Waals surface area (Å²) in [6.07, 6.45) is 3.67. The molecule has 0 amide bonds. The number of nitrogens with one attached hydrogen (secondary N) is 2. The number of aromatic nitrogens is 2. The lowest BCUT2D eigenvalue weighted by Gasteiger charge is -2.16. The van der Waals surface area contributed by atoms with E-state index in [0.29, 0.717) is 5.92 Å². The number of anilines is 2. The fraction of sp³-hybridized carbons (Fsp3) is 0.714. The molecular formula is C14H26N4O. The summed E-state index contributed by atoms with van der Waals surface area (Å²) in [4.78, 5) is 8.69. The molecule has 1 atom stereocenters. The Bertz CT molecular complexity index is 370. The molecule has 5 heteroatoms. The van der Waals surface area contributed by atoms with E-state index in [1.54, 1.807) is 13.4 Å². The maximum Gasteiger partial charge on any atom is 0.134 e. The van der Waals surface area contributed by atoms with Gasteiger partial charge in [-0.2, -0.15) is 0 Å². The number of hydrogen-bond donors (Lipinski definition) is 2. The van der Waals surface area contributed by atoms with Crippen LogP contribution < -0.4 is 10.6 Å². The molecule has 0 aliphatic heterocycles. The van der Waals surface area contributed by atoms with Gasteiger partial charge in [0, 0.05) is 25.8 Å². The van der Waals surface area contributed by atoms with Crippen molar-refractivity contribution in [2.24, 2.45) is 5.92 Å². The van der Waals surface area contributed by atoms with Crippen molar-refractivity contribution >= 4 is 11.6 Å². The van der Waals surface area contributed by atoms with E-state index in [9.17, 15) is 0 Å². The number of ether oxygens (including phenoxy) is 1. The van der Waals surface area contributed by atoms with Gasteiger partial charge >= 0.3 is 0 Å². The highest BCUT2D eigenvalue weighted by Crippen LogP contribution is 2.21. The van der Waals surface area contributed by atoms with Crippen LogP contribution in [0.4, 0.5) is 11.6 Å². The Morgan fingerprint density at radius 3 is 2.47 bits per heavy atom. The minimum atomic E-state index is 0.456. The van der Waals surface area contributed by atoms with Gasteiger partial charge in [-0.3, -0.25) is 0 Å². The Hall–Kier alpha value is -1.36. The van der Waals surface area contributed by atoms with Crippen molar-refractivity contribution in [2.45, 2.75) is 33.6 Å². The van der Waals surface area contributed by atoms with Gasteiger partial charge in [0.1, 0.15) is 18.0 Å². The molecular weight excluding hydrogens is 240 g/mol. The molecule has 5 nitrogen and oxygen atoms in total. The second-order valence-corrected chi connectivity index (χ2v) is 4.77. The Morgan fingerprint density at radius 1 is 1.21 bits per heavy atom. The third-order valence-electron chi connectivity index (χ3n) is 2.86. The van der Waals surface area contributed by atoms with Crippen molar-refractivity contribution in [1.29, 1.82) is 0 Å². The lowest BCUT2D eigenvalue weighted by molar-refractivity contribution is 0.164. The molecule has 1 aromatic heterocycles. The Kier molecular flexibility index (Phi) is 7.18. The lowest BCUT2D eigenvalue weighted by Crippen LogP contribution is -2.18. The zero-order valence-corrected chi connectivity index (χ0v) is 12.5. The highest BCUT2D eigenvalue weighted by molar-refractivity contribution is 5.57. The van der Waals surface area contributed by atoms with Crippen LogP contribution in [0.5, 0.6) is 0 Å². The fourth-order valence-electron chi connectivity index (χ4n) is 1.99. The second kappa shape index (κ2) is 8.69. The summed E-state index contributed by atoms with van der Waals surface area (Å²) in [5.41, 5.74) is 1.18. The van der Waals surface area contributed by atoms with E-state index >= 15 is 0 Å². The highest BCUT2D eigenvalue weighted by atomic mass is 16.5. The topological polar surface area (TPSA) is 59.1 Å². The van der Waals surface area contributed by atoms with Crippen LogP contribution in [0.2, 0.25) is 0 Å². The van der Waals surface area contributed by atoms with Gasteiger partial charge in [0.05, 0.1) is 6.61 Å². The first-order chi connectivity index (χ1) is 9.22. The predicted molar refractivity (Wildman–Crippen MR) is 79.7 cm³/mol. The van der Waals surface area contributed by atoms with Crippen molar-refractivity contribution in [3.05, 3.63) is 11.9 Å². The molecule has 1 rings (SSSR count). The van der Waals surface area contributed by atoms with Gasteiger partial charge in [-0.05, 0) is 19.3 Å². The summed E-state index contributed by atoms with van der Waals surface area (Å²) in [6, 6.07) is 0. The lowest BCUT2D eigenvalue weighted by atomic mass is 10.1. The van der Waals surface area contributed by atoms with Gasteiger partial charge in [0.25, 0.3) is 0 Å². The van der Waals surface area contributed by atoms with Crippen LogP contribution in [0, 0.1) is 5.92 Å². The first-order valence-electron chi connectivity index (χ1n) is 7.03. The Balaban J connectivity index is 2.77. The van der Waals surface area contributed by atoms with E-state index in [4.69, 9.17) is 4.74 Å². The molecule has 0 spiro atoms. The van der Waals surface area contributed by atoms with Crippen molar-refractivity contribution in [1.82, 2.24) is 9.97 Å². The molecule has 0 aliphatic carbocycles. The molecule has 0 bridgehead atoms. The van der Waals surface area contributed by atoms with Crippen LogP contribution in [0.3, 0.4) is 0 Å². The smallest absolute Gasteiger partial charge is 0.134 e. The number of methoxy groups -OCH3 is 1. The van der Waals surface area contributed by atoms with Crippen molar-refractivity contribution in [3.8, 4) is 0 Å². The molecule has 2 N–H and O–H groups in total. The molecule has 1 heterocycles. The molecule has 1 aromatic rings. The van der Waals surface area contributed by atoms with Gasteiger partial charge in [0.2, 0.25) is 0 Å². The summed E-state index contributed by atoms with van der Waals surface area (Å²) >= 11 is 0. The van der Waals surface area contributed by atoms with Crippen molar-refractivity contribution in [2.75, 3.05) is 37.4 Å². The minimum absolute atomic E-state index is 0.456. The first kappa shape index (κ1) is 15.7. The number of nitrogens with zero attached hydrogens (tertiary/aromatic N) is 2. The van der Waals surface area contributed by atoms with Gasteiger partial charge in [0.15, 0.2) is 0 Å². The SMILES string of the molecule is CCCc1c(NCC)ncnc1NCC(C)COC. The zero-order chi connectivity index (χ0) is 14.1. The van der Waals surface area contributed by atoms with E-state index in [1.165, 1.54) is 5.56 Å². The fourth-order valence-corrected chi connectivity index (χ4v) is 1.99. The molecule has 0 saturated heterocycles. The molecule has 0 radical (unpaired) electrons. The second-order valence-electron chi connectivity index (χ2n) is 4.77. The Labute approximate surface area is 116 Å². The molecule has 108 valence electrons. The number of hydrogen-bond acceptors (Lipinski definition) is 5. The summed E-state index contributed by atoms with van der Waals surface area (Å²) in [5, 5.41) is 6.71. The third kappa shape index (κ3) is 5.03. The highest BCUT2D eigenvalue weighted by Gasteiger charge is 2.11. The largest absolute Gasteiger partial charge is 0.384 e. The molecule has 0 aliphatic rings. The zero-order valence-electron chi connectivity index (χ0n) is 12.5. The van der Waals surface area contributed by atoms with Crippen LogP contribution in [0.25, 0.3) is 0 Å². The first-order valence-corrected chi connectivity index (χ1v) is 7.03. The third-order valence-corrected chi connectivity index (χ3v) is 2.86. The van der Waals surface area contributed by atoms with E-state index in [-0.39, 0.29) is 0 Å². The van der Waals surface area contributed by atoms with Gasteiger partial charge in [-0.25, -0.2) is 9.97 Å². The molecule has 0 saturated carbocycles. The van der Waals surface area contributed by atoms with Crippen LogP contribution in [-0.2, 0) is 11.2 Å². The normalized spacial score (nSPS) is 12.2. The van der Waals surface area contributed by atoms with Crippen LogP contribution >= 0.6 is 0 Å². The van der Waals surface area contributed by atoms with E-state index in [0.717, 1.165) is 44.2 Å². The van der Waals surface area contributed by atoms with E-state index in [1.807, 2.05) is 0 Å². The average molecular weight is 266 g/mol. The van der Waals surface area contributed by atoms with Crippen LogP contribution in [0.15, 0.2) is 6.33 Å². The molecule has 1 unspecified atom stereocenters. The van der Waals surface area contributed by atoms with Crippen LogP contribution in [-0.4, -0.2) is 36.8 Å². The van der Waals surface area contributed by atoms with Crippen LogP contribution in [0.1, 0.15) is 32.8 Å². The van der Waals surface area contributed by atoms with E-state index in [2.05, 4.69) is 41.4 Å². The minimum Gasteiger partial charge on any atom is -0.384 e. The average Bonchev–Trinajstić information content (AvgIpc) is 2.40. The summed E-state index contributed by atoms with van der Waals surface area (Å²) in [7, 11) is 1.73. The summed E-state index contributed by atoms with van der Waals surface area (Å²) in [5.74, 6) is 2.34. The summed E-state index contributed by atoms with van der Waals surface area (Å²) < 4.78 is 5.15.